The van der Waals surface area contributed by atoms with Crippen molar-refractivity contribution in [2.24, 2.45) is 0 Å². The number of carbonyl (C=O) groups excluding carboxylic acids is 2. The van der Waals surface area contributed by atoms with Crippen molar-refractivity contribution in [2.45, 2.75) is 59.9 Å². The predicted octanol–water partition coefficient (Wildman–Crippen LogP) is 5.28. The molecule has 2 amide bonds. The van der Waals surface area contributed by atoms with Gasteiger partial charge in [0.2, 0.25) is 5.91 Å². The number of rotatable bonds is 6. The Kier molecular flexibility index (Phi) is 7.06. The lowest BCUT2D eigenvalue weighted by Crippen LogP contribution is -2.42. The molecule has 6 nitrogen and oxygen atoms in total. The topological polar surface area (TPSA) is 67.2 Å². The van der Waals surface area contributed by atoms with Gasteiger partial charge in [0.05, 0.1) is 11.4 Å². The van der Waals surface area contributed by atoms with E-state index in [2.05, 4.69) is 26.1 Å². The third kappa shape index (κ3) is 5.69. The molecule has 0 radical (unpaired) electrons. The molecule has 1 aromatic heterocycles. The van der Waals surface area contributed by atoms with Gasteiger partial charge in [0.15, 0.2) is 0 Å². The largest absolute Gasteiger partial charge is 0.327 e. The van der Waals surface area contributed by atoms with Gasteiger partial charge < -0.3 is 10.2 Å². The molecule has 0 saturated carbocycles. The van der Waals surface area contributed by atoms with Gasteiger partial charge in [-0.15, -0.1) is 0 Å². The summed E-state index contributed by atoms with van der Waals surface area (Å²) in [6.45, 7) is 14.0. The van der Waals surface area contributed by atoms with Crippen LogP contribution in [-0.2, 0) is 10.2 Å². The van der Waals surface area contributed by atoms with Crippen LogP contribution in [0.15, 0.2) is 54.6 Å². The summed E-state index contributed by atoms with van der Waals surface area (Å²) in [5.74, 6) is 0.160. The molecule has 3 aromatic rings. The van der Waals surface area contributed by atoms with Crippen molar-refractivity contribution in [1.82, 2.24) is 14.7 Å². The number of nitrogens with zero attached hydrogens (tertiary/aromatic N) is 3. The average molecular weight is 447 g/mol. The fourth-order valence-electron chi connectivity index (χ4n) is 3.51. The van der Waals surface area contributed by atoms with E-state index in [1.807, 2.05) is 70.2 Å². The van der Waals surface area contributed by atoms with Crippen molar-refractivity contribution >= 4 is 17.6 Å². The molecular weight excluding hydrogens is 412 g/mol. The Hall–Kier alpha value is -3.41. The summed E-state index contributed by atoms with van der Waals surface area (Å²) in [7, 11) is 0. The van der Waals surface area contributed by atoms with Crippen LogP contribution in [-0.4, -0.2) is 39.1 Å². The van der Waals surface area contributed by atoms with Crippen LogP contribution >= 0.6 is 0 Å². The van der Waals surface area contributed by atoms with Crippen LogP contribution in [0.2, 0.25) is 0 Å². The first-order valence-corrected chi connectivity index (χ1v) is 11.3. The minimum Gasteiger partial charge on any atom is -0.327 e. The fraction of sp³-hybridized carbons (Fsp3) is 0.370. The third-order valence-electron chi connectivity index (χ3n) is 5.59. The molecule has 1 N–H and O–H groups in total. The van der Waals surface area contributed by atoms with Crippen LogP contribution in [0.5, 0.6) is 0 Å². The van der Waals surface area contributed by atoms with Gasteiger partial charge in [-0.2, -0.15) is 5.10 Å². The van der Waals surface area contributed by atoms with E-state index in [0.29, 0.717) is 11.4 Å². The lowest BCUT2D eigenvalue weighted by Gasteiger charge is -2.26. The second-order valence-corrected chi connectivity index (χ2v) is 9.80. The molecule has 0 atom stereocenters. The van der Waals surface area contributed by atoms with E-state index in [-0.39, 0.29) is 29.8 Å². The highest BCUT2D eigenvalue weighted by molar-refractivity contribution is 5.99. The number of para-hydroxylation sites is 1. The van der Waals surface area contributed by atoms with Crippen molar-refractivity contribution in [1.29, 1.82) is 0 Å². The van der Waals surface area contributed by atoms with Gasteiger partial charge in [-0.1, -0.05) is 56.7 Å². The van der Waals surface area contributed by atoms with Crippen molar-refractivity contribution in [3.8, 4) is 5.69 Å². The lowest BCUT2D eigenvalue weighted by molar-refractivity contribution is -0.117. The number of aryl methyl sites for hydroxylation is 2. The van der Waals surface area contributed by atoms with Crippen LogP contribution in [0.4, 0.5) is 5.82 Å². The number of hydrogen-bond donors (Lipinski definition) is 1. The van der Waals surface area contributed by atoms with Gasteiger partial charge in [0, 0.05) is 23.1 Å². The molecule has 3 rings (SSSR count). The molecule has 6 heteroatoms. The molecule has 0 unspecified atom stereocenters. The molecule has 0 spiro atoms. The Morgan fingerprint density at radius 1 is 1.03 bits per heavy atom. The van der Waals surface area contributed by atoms with Crippen molar-refractivity contribution < 1.29 is 9.59 Å². The standard InChI is InChI=1S/C27H34N4O2/c1-18(2)30(26(33)21-14-12-19(3)13-15-21)17-25(32)28-24-16-23(27(5,6)7)29-31(24)22-11-9-8-10-20(22)4/h8-16,18H,17H2,1-7H3,(H,28,32). The third-order valence-corrected chi connectivity index (χ3v) is 5.59. The Balaban J connectivity index is 1.88. The number of anilines is 1. The van der Waals surface area contributed by atoms with Crippen LogP contribution in [0, 0.1) is 13.8 Å². The minimum absolute atomic E-state index is 0.0474. The monoisotopic (exact) mass is 446 g/mol. The molecule has 0 aliphatic heterocycles. The molecule has 0 saturated heterocycles. The second kappa shape index (κ2) is 9.61. The van der Waals surface area contributed by atoms with E-state index in [4.69, 9.17) is 5.10 Å². The first kappa shape index (κ1) is 24.2. The molecule has 0 aliphatic carbocycles. The normalized spacial score (nSPS) is 11.5. The molecular formula is C27H34N4O2. The molecule has 0 fully saturated rings. The van der Waals surface area contributed by atoms with E-state index in [1.165, 1.54) is 0 Å². The Morgan fingerprint density at radius 2 is 1.67 bits per heavy atom. The van der Waals surface area contributed by atoms with Gasteiger partial charge in [0.25, 0.3) is 5.91 Å². The Bertz CT molecular complexity index is 1140. The predicted molar refractivity (Wildman–Crippen MR) is 133 cm³/mol. The number of carbonyl (C=O) groups is 2. The van der Waals surface area contributed by atoms with Crippen LogP contribution in [0.25, 0.3) is 5.69 Å². The summed E-state index contributed by atoms with van der Waals surface area (Å²) in [5, 5.41) is 7.79. The van der Waals surface area contributed by atoms with Gasteiger partial charge in [-0.3, -0.25) is 9.59 Å². The smallest absolute Gasteiger partial charge is 0.254 e. The molecule has 1 heterocycles. The zero-order chi connectivity index (χ0) is 24.3. The van der Waals surface area contributed by atoms with E-state index in [1.54, 1.807) is 21.7 Å². The van der Waals surface area contributed by atoms with Crippen molar-refractivity contribution in [3.63, 3.8) is 0 Å². The quantitative estimate of drug-likeness (QED) is 0.560. The summed E-state index contributed by atoms with van der Waals surface area (Å²) in [6.07, 6.45) is 0. The summed E-state index contributed by atoms with van der Waals surface area (Å²) in [6, 6.07) is 17.1. The highest BCUT2D eigenvalue weighted by Crippen LogP contribution is 2.27. The molecule has 0 bridgehead atoms. The fourth-order valence-corrected chi connectivity index (χ4v) is 3.51. The minimum atomic E-state index is -0.264. The molecule has 2 aromatic carbocycles. The second-order valence-electron chi connectivity index (χ2n) is 9.80. The summed E-state index contributed by atoms with van der Waals surface area (Å²) < 4.78 is 1.77. The van der Waals surface area contributed by atoms with E-state index < -0.39 is 0 Å². The maximum atomic E-state index is 13.1. The Labute approximate surface area is 196 Å². The van der Waals surface area contributed by atoms with Gasteiger partial charge in [0.1, 0.15) is 12.4 Å². The summed E-state index contributed by atoms with van der Waals surface area (Å²) in [4.78, 5) is 27.8. The van der Waals surface area contributed by atoms with Crippen molar-refractivity contribution in [3.05, 3.63) is 77.0 Å². The van der Waals surface area contributed by atoms with Gasteiger partial charge in [-0.05, 0) is 51.5 Å². The average Bonchev–Trinajstić information content (AvgIpc) is 3.16. The number of nitrogens with one attached hydrogen (secondary N) is 1. The number of amides is 2. The van der Waals surface area contributed by atoms with Crippen molar-refractivity contribution in [2.75, 3.05) is 11.9 Å². The maximum absolute atomic E-state index is 13.1. The lowest BCUT2D eigenvalue weighted by atomic mass is 9.92. The van der Waals surface area contributed by atoms with Gasteiger partial charge in [-0.25, -0.2) is 4.68 Å². The van der Waals surface area contributed by atoms with E-state index in [9.17, 15) is 9.59 Å². The van der Waals surface area contributed by atoms with Crippen LogP contribution in [0.3, 0.4) is 0 Å². The first-order chi connectivity index (χ1) is 15.5. The number of aromatic nitrogens is 2. The first-order valence-electron chi connectivity index (χ1n) is 11.3. The number of hydrogen-bond acceptors (Lipinski definition) is 3. The zero-order valence-electron chi connectivity index (χ0n) is 20.6. The molecule has 174 valence electrons. The zero-order valence-corrected chi connectivity index (χ0v) is 20.6. The van der Waals surface area contributed by atoms with Gasteiger partial charge >= 0.3 is 0 Å². The highest BCUT2D eigenvalue weighted by Gasteiger charge is 2.25. The van der Waals surface area contributed by atoms with Crippen LogP contribution in [0.1, 0.15) is 61.8 Å². The molecule has 0 aliphatic rings. The van der Waals surface area contributed by atoms with E-state index >= 15 is 0 Å². The Morgan fingerprint density at radius 3 is 2.24 bits per heavy atom. The van der Waals surface area contributed by atoms with Crippen LogP contribution < -0.4 is 5.32 Å². The highest BCUT2D eigenvalue weighted by atomic mass is 16.2. The summed E-state index contributed by atoms with van der Waals surface area (Å²) >= 11 is 0. The van der Waals surface area contributed by atoms with E-state index in [0.717, 1.165) is 22.5 Å². The number of benzene rings is 2. The maximum Gasteiger partial charge on any atom is 0.254 e. The summed E-state index contributed by atoms with van der Waals surface area (Å²) in [5.41, 5.74) is 4.30. The molecule has 33 heavy (non-hydrogen) atoms. The SMILES string of the molecule is Cc1ccc(C(=O)N(CC(=O)Nc2cc(C(C)(C)C)nn2-c2ccccc2C)C(C)C)cc1.